The summed E-state index contributed by atoms with van der Waals surface area (Å²) in [5.74, 6) is -0.893. The van der Waals surface area contributed by atoms with E-state index in [0.29, 0.717) is 12.2 Å². The monoisotopic (exact) mass is 305 g/mol. The van der Waals surface area contributed by atoms with Crippen LogP contribution in [0, 0.1) is 6.92 Å². The molecule has 3 aromatic rings. The summed E-state index contributed by atoms with van der Waals surface area (Å²) < 4.78 is 1.89. The van der Waals surface area contributed by atoms with Gasteiger partial charge in [0.15, 0.2) is 0 Å². The molecule has 116 valence electrons. The highest BCUT2D eigenvalue weighted by Gasteiger charge is 2.14. The molecule has 0 amide bonds. The Morgan fingerprint density at radius 3 is 2.26 bits per heavy atom. The van der Waals surface area contributed by atoms with Gasteiger partial charge >= 0.3 is 5.97 Å². The number of carbonyl (C=O) groups is 1. The molecule has 0 saturated heterocycles. The van der Waals surface area contributed by atoms with Crippen molar-refractivity contribution in [1.29, 1.82) is 0 Å². The number of aromatic carboxylic acids is 1. The molecule has 3 heteroatoms. The lowest BCUT2D eigenvalue weighted by molar-refractivity contribution is 0.0685. The van der Waals surface area contributed by atoms with Crippen molar-refractivity contribution in [3.63, 3.8) is 0 Å². The number of hydrogen-bond acceptors (Lipinski definition) is 1. The summed E-state index contributed by atoms with van der Waals surface area (Å²) in [4.78, 5) is 11.5. The topological polar surface area (TPSA) is 42.2 Å². The van der Waals surface area contributed by atoms with Crippen LogP contribution in [0.15, 0.2) is 66.7 Å². The summed E-state index contributed by atoms with van der Waals surface area (Å²) in [6.45, 7) is 2.63. The number of carboxylic acid groups (broad SMARTS) is 1. The van der Waals surface area contributed by atoms with Crippen molar-refractivity contribution >= 4 is 5.97 Å². The number of hydrogen-bond donors (Lipinski definition) is 1. The van der Waals surface area contributed by atoms with Gasteiger partial charge in [-0.25, -0.2) is 4.79 Å². The Morgan fingerprint density at radius 1 is 0.913 bits per heavy atom. The SMILES string of the molecule is Cc1ccc(Cc2ccc(C(=O)O)n2Cc2ccccc2)cc1. The van der Waals surface area contributed by atoms with Gasteiger partial charge in [0.2, 0.25) is 0 Å². The van der Waals surface area contributed by atoms with E-state index in [4.69, 9.17) is 0 Å². The molecule has 23 heavy (non-hydrogen) atoms. The first-order valence-corrected chi connectivity index (χ1v) is 7.64. The van der Waals surface area contributed by atoms with Crippen LogP contribution in [0.2, 0.25) is 0 Å². The Hall–Kier alpha value is -2.81. The lowest BCUT2D eigenvalue weighted by atomic mass is 10.1. The molecule has 3 rings (SSSR count). The molecule has 0 aliphatic carbocycles. The maximum Gasteiger partial charge on any atom is 0.352 e. The molecule has 0 radical (unpaired) electrons. The van der Waals surface area contributed by atoms with Gasteiger partial charge in [-0.3, -0.25) is 0 Å². The second-order valence-electron chi connectivity index (χ2n) is 5.75. The molecule has 0 bridgehead atoms. The fraction of sp³-hybridized carbons (Fsp3) is 0.150. The molecule has 0 atom stereocenters. The largest absolute Gasteiger partial charge is 0.477 e. The highest BCUT2D eigenvalue weighted by molar-refractivity contribution is 5.86. The van der Waals surface area contributed by atoms with E-state index < -0.39 is 5.97 Å². The van der Waals surface area contributed by atoms with E-state index in [1.165, 1.54) is 11.1 Å². The number of carboxylic acids is 1. The van der Waals surface area contributed by atoms with Crippen LogP contribution in [-0.4, -0.2) is 15.6 Å². The Morgan fingerprint density at radius 2 is 1.61 bits per heavy atom. The molecular weight excluding hydrogens is 286 g/mol. The van der Waals surface area contributed by atoms with Crippen LogP contribution in [0.4, 0.5) is 0 Å². The van der Waals surface area contributed by atoms with Crippen LogP contribution in [0.1, 0.15) is 32.9 Å². The van der Waals surface area contributed by atoms with Crippen molar-refractivity contribution in [2.75, 3.05) is 0 Å². The van der Waals surface area contributed by atoms with Crippen LogP contribution in [0.3, 0.4) is 0 Å². The first kappa shape index (κ1) is 15.1. The molecule has 1 N–H and O–H groups in total. The third kappa shape index (κ3) is 3.51. The van der Waals surface area contributed by atoms with E-state index in [-0.39, 0.29) is 0 Å². The van der Waals surface area contributed by atoms with Gasteiger partial charge in [0, 0.05) is 18.7 Å². The molecule has 3 nitrogen and oxygen atoms in total. The summed E-state index contributed by atoms with van der Waals surface area (Å²) in [6, 6.07) is 21.9. The average molecular weight is 305 g/mol. The van der Waals surface area contributed by atoms with Crippen molar-refractivity contribution in [1.82, 2.24) is 4.57 Å². The van der Waals surface area contributed by atoms with E-state index in [1.807, 2.05) is 41.0 Å². The smallest absolute Gasteiger partial charge is 0.352 e. The van der Waals surface area contributed by atoms with Gasteiger partial charge < -0.3 is 9.67 Å². The summed E-state index contributed by atoms with van der Waals surface area (Å²) in [5.41, 5.74) is 4.84. The fourth-order valence-electron chi connectivity index (χ4n) is 2.72. The Balaban J connectivity index is 1.93. The molecule has 0 aliphatic heterocycles. The van der Waals surface area contributed by atoms with E-state index in [1.54, 1.807) is 6.07 Å². The van der Waals surface area contributed by atoms with Gasteiger partial charge in [-0.15, -0.1) is 0 Å². The number of nitrogens with zero attached hydrogens (tertiary/aromatic N) is 1. The Kier molecular flexibility index (Phi) is 4.29. The highest BCUT2D eigenvalue weighted by Crippen LogP contribution is 2.17. The van der Waals surface area contributed by atoms with E-state index in [0.717, 1.165) is 17.7 Å². The molecule has 0 spiro atoms. The number of benzene rings is 2. The predicted octanol–water partition coefficient (Wildman–Crippen LogP) is 4.13. The number of rotatable bonds is 5. The van der Waals surface area contributed by atoms with Gasteiger partial charge in [0.25, 0.3) is 0 Å². The van der Waals surface area contributed by atoms with Crippen molar-refractivity contribution in [3.05, 3.63) is 94.8 Å². The zero-order chi connectivity index (χ0) is 16.2. The van der Waals surface area contributed by atoms with Crippen LogP contribution in [0.5, 0.6) is 0 Å². The third-order valence-electron chi connectivity index (χ3n) is 3.98. The maximum absolute atomic E-state index is 11.5. The van der Waals surface area contributed by atoms with Gasteiger partial charge in [0.1, 0.15) is 5.69 Å². The van der Waals surface area contributed by atoms with Crippen LogP contribution in [0.25, 0.3) is 0 Å². The van der Waals surface area contributed by atoms with E-state index in [9.17, 15) is 9.90 Å². The fourth-order valence-corrected chi connectivity index (χ4v) is 2.72. The van der Waals surface area contributed by atoms with E-state index >= 15 is 0 Å². The Bertz CT molecular complexity index is 801. The average Bonchev–Trinajstić information content (AvgIpc) is 2.93. The summed E-state index contributed by atoms with van der Waals surface area (Å²) in [7, 11) is 0. The first-order valence-electron chi connectivity index (χ1n) is 7.64. The lowest BCUT2D eigenvalue weighted by Gasteiger charge is -2.12. The molecule has 0 saturated carbocycles. The minimum absolute atomic E-state index is 0.330. The first-order chi connectivity index (χ1) is 11.1. The second kappa shape index (κ2) is 6.53. The summed E-state index contributed by atoms with van der Waals surface area (Å²) in [5, 5.41) is 9.44. The normalized spacial score (nSPS) is 10.7. The summed E-state index contributed by atoms with van der Waals surface area (Å²) >= 11 is 0. The van der Waals surface area contributed by atoms with Gasteiger partial charge in [-0.2, -0.15) is 0 Å². The Labute approximate surface area is 135 Å². The number of aromatic nitrogens is 1. The molecule has 0 unspecified atom stereocenters. The minimum Gasteiger partial charge on any atom is -0.477 e. The molecule has 1 heterocycles. The molecule has 0 fully saturated rings. The van der Waals surface area contributed by atoms with Crippen molar-refractivity contribution in [3.8, 4) is 0 Å². The standard InChI is InChI=1S/C20H19NO2/c1-15-7-9-16(10-8-15)13-18-11-12-19(20(22)23)21(18)14-17-5-3-2-4-6-17/h2-12H,13-14H2,1H3,(H,22,23). The van der Waals surface area contributed by atoms with Gasteiger partial charge in [0.05, 0.1) is 0 Å². The van der Waals surface area contributed by atoms with Crippen molar-refractivity contribution in [2.24, 2.45) is 0 Å². The zero-order valence-corrected chi connectivity index (χ0v) is 13.1. The maximum atomic E-state index is 11.5. The highest BCUT2D eigenvalue weighted by atomic mass is 16.4. The van der Waals surface area contributed by atoms with Crippen LogP contribution in [-0.2, 0) is 13.0 Å². The van der Waals surface area contributed by atoms with E-state index in [2.05, 4.69) is 31.2 Å². The van der Waals surface area contributed by atoms with Crippen molar-refractivity contribution in [2.45, 2.75) is 19.9 Å². The minimum atomic E-state index is -0.893. The number of aryl methyl sites for hydroxylation is 1. The molecule has 1 aromatic heterocycles. The molecular formula is C20H19NO2. The predicted molar refractivity (Wildman–Crippen MR) is 90.9 cm³/mol. The zero-order valence-electron chi connectivity index (χ0n) is 13.1. The van der Waals surface area contributed by atoms with Crippen LogP contribution >= 0.6 is 0 Å². The van der Waals surface area contributed by atoms with Crippen molar-refractivity contribution < 1.29 is 9.90 Å². The van der Waals surface area contributed by atoms with Gasteiger partial charge in [-0.1, -0.05) is 60.2 Å². The van der Waals surface area contributed by atoms with Crippen LogP contribution < -0.4 is 0 Å². The quantitative estimate of drug-likeness (QED) is 0.770. The third-order valence-corrected chi connectivity index (χ3v) is 3.98. The lowest BCUT2D eigenvalue weighted by Crippen LogP contribution is -2.12. The second-order valence-corrected chi connectivity index (χ2v) is 5.75. The molecule has 2 aromatic carbocycles. The molecule has 0 aliphatic rings. The summed E-state index contributed by atoms with van der Waals surface area (Å²) in [6.07, 6.45) is 0.723. The van der Waals surface area contributed by atoms with Gasteiger partial charge in [-0.05, 0) is 30.2 Å².